The van der Waals surface area contributed by atoms with Gasteiger partial charge in [0, 0.05) is 13.1 Å². The van der Waals surface area contributed by atoms with Crippen LogP contribution < -0.4 is 10.1 Å². The fraction of sp³-hybridized carbons (Fsp3) is 0.600. The summed E-state index contributed by atoms with van der Waals surface area (Å²) >= 11 is 0. The van der Waals surface area contributed by atoms with Crippen molar-refractivity contribution in [2.75, 3.05) is 33.3 Å². The van der Waals surface area contributed by atoms with Crippen LogP contribution >= 0.6 is 0 Å². The summed E-state index contributed by atoms with van der Waals surface area (Å²) in [6.45, 7) is 9.07. The van der Waals surface area contributed by atoms with E-state index in [0.717, 1.165) is 38.5 Å². The summed E-state index contributed by atoms with van der Waals surface area (Å²) in [6.07, 6.45) is 1.19. The van der Waals surface area contributed by atoms with Crippen molar-refractivity contribution in [1.82, 2.24) is 10.2 Å². The first-order chi connectivity index (χ1) is 8.76. The molecule has 0 amide bonds. The zero-order valence-electron chi connectivity index (χ0n) is 11.9. The van der Waals surface area contributed by atoms with Gasteiger partial charge in [-0.05, 0) is 44.3 Å². The highest BCUT2D eigenvalue weighted by molar-refractivity contribution is 5.28. The lowest BCUT2D eigenvalue weighted by Crippen LogP contribution is -2.24. The lowest BCUT2D eigenvalue weighted by molar-refractivity contribution is 0.237. The van der Waals surface area contributed by atoms with Crippen molar-refractivity contribution in [3.05, 3.63) is 29.8 Å². The van der Waals surface area contributed by atoms with E-state index in [4.69, 9.17) is 4.74 Å². The molecule has 3 nitrogen and oxygen atoms in total. The highest BCUT2D eigenvalue weighted by Gasteiger charge is 1.99. The fourth-order valence-corrected chi connectivity index (χ4v) is 1.83. The smallest absolute Gasteiger partial charge is 0.119 e. The van der Waals surface area contributed by atoms with Crippen molar-refractivity contribution in [2.24, 2.45) is 0 Å². The second kappa shape index (κ2) is 8.95. The number of hydrogen-bond donors (Lipinski definition) is 1. The van der Waals surface area contributed by atoms with E-state index in [1.807, 2.05) is 6.07 Å². The molecule has 0 atom stereocenters. The summed E-state index contributed by atoms with van der Waals surface area (Å²) in [5.74, 6) is 0.968. The van der Waals surface area contributed by atoms with E-state index >= 15 is 0 Å². The first kappa shape index (κ1) is 15.0. The third-order valence-corrected chi connectivity index (χ3v) is 2.82. The van der Waals surface area contributed by atoms with Crippen LogP contribution in [0.3, 0.4) is 0 Å². The zero-order valence-corrected chi connectivity index (χ0v) is 11.9. The van der Waals surface area contributed by atoms with E-state index in [-0.39, 0.29) is 0 Å². The molecule has 0 aromatic heterocycles. The van der Waals surface area contributed by atoms with Gasteiger partial charge in [-0.1, -0.05) is 26.0 Å². The molecule has 102 valence electrons. The lowest BCUT2D eigenvalue weighted by Gasteiger charge is -2.16. The Morgan fingerprint density at radius 3 is 2.78 bits per heavy atom. The Morgan fingerprint density at radius 2 is 2.06 bits per heavy atom. The normalized spacial score (nSPS) is 10.9. The minimum Gasteiger partial charge on any atom is -0.492 e. The molecule has 0 saturated carbocycles. The first-order valence-corrected chi connectivity index (χ1v) is 6.87. The minimum atomic E-state index is 0.751. The second-order valence-electron chi connectivity index (χ2n) is 4.58. The Labute approximate surface area is 111 Å². The van der Waals surface area contributed by atoms with Gasteiger partial charge in [0.25, 0.3) is 0 Å². The van der Waals surface area contributed by atoms with Gasteiger partial charge in [0.15, 0.2) is 0 Å². The molecule has 0 aliphatic heterocycles. The van der Waals surface area contributed by atoms with Crippen LogP contribution in [0, 0.1) is 0 Å². The molecule has 0 saturated heterocycles. The molecule has 0 aliphatic rings. The number of ether oxygens (including phenoxy) is 1. The Hall–Kier alpha value is -1.06. The van der Waals surface area contributed by atoms with Crippen LogP contribution in [0.5, 0.6) is 5.75 Å². The molecule has 0 heterocycles. The Balaban J connectivity index is 2.33. The molecular weight excluding hydrogens is 224 g/mol. The summed E-state index contributed by atoms with van der Waals surface area (Å²) in [7, 11) is 2.13. The van der Waals surface area contributed by atoms with Crippen LogP contribution in [0.1, 0.15) is 25.8 Å². The van der Waals surface area contributed by atoms with E-state index in [1.54, 1.807) is 0 Å². The molecule has 1 N–H and O–H groups in total. The van der Waals surface area contributed by atoms with Gasteiger partial charge in [-0.2, -0.15) is 0 Å². The lowest BCUT2D eigenvalue weighted by atomic mass is 10.2. The summed E-state index contributed by atoms with van der Waals surface area (Å²) in [5, 5.41) is 3.32. The maximum atomic E-state index is 5.77. The topological polar surface area (TPSA) is 24.5 Å². The monoisotopic (exact) mass is 250 g/mol. The average molecular weight is 250 g/mol. The molecule has 18 heavy (non-hydrogen) atoms. The van der Waals surface area contributed by atoms with Gasteiger partial charge < -0.3 is 15.0 Å². The van der Waals surface area contributed by atoms with Gasteiger partial charge >= 0.3 is 0 Å². The largest absolute Gasteiger partial charge is 0.492 e. The van der Waals surface area contributed by atoms with Gasteiger partial charge in [0.1, 0.15) is 12.4 Å². The number of benzene rings is 1. The Kier molecular flexibility index (Phi) is 7.46. The summed E-state index contributed by atoms with van der Waals surface area (Å²) in [5.41, 5.74) is 1.27. The van der Waals surface area contributed by atoms with Crippen molar-refractivity contribution >= 4 is 0 Å². The SMILES string of the molecule is CCCN(C)CCOc1cccc(CNCC)c1. The number of nitrogens with one attached hydrogen (secondary N) is 1. The highest BCUT2D eigenvalue weighted by atomic mass is 16.5. The molecule has 3 heteroatoms. The van der Waals surface area contributed by atoms with Gasteiger partial charge in [-0.15, -0.1) is 0 Å². The predicted molar refractivity (Wildman–Crippen MR) is 77.1 cm³/mol. The summed E-state index contributed by atoms with van der Waals surface area (Å²) < 4.78 is 5.77. The second-order valence-corrected chi connectivity index (χ2v) is 4.58. The standard InChI is InChI=1S/C15H26N2O/c1-4-9-17(3)10-11-18-15-8-6-7-14(12-15)13-16-5-2/h6-8,12,16H,4-5,9-11,13H2,1-3H3. The van der Waals surface area contributed by atoms with E-state index in [9.17, 15) is 0 Å². The van der Waals surface area contributed by atoms with Crippen molar-refractivity contribution in [3.8, 4) is 5.75 Å². The van der Waals surface area contributed by atoms with Gasteiger partial charge in [0.2, 0.25) is 0 Å². The molecule has 0 radical (unpaired) electrons. The van der Waals surface area contributed by atoms with Gasteiger partial charge in [-0.25, -0.2) is 0 Å². The minimum absolute atomic E-state index is 0.751. The molecule has 0 spiro atoms. The average Bonchev–Trinajstić information content (AvgIpc) is 2.37. The van der Waals surface area contributed by atoms with Gasteiger partial charge in [-0.3, -0.25) is 0 Å². The zero-order chi connectivity index (χ0) is 13.2. The fourth-order valence-electron chi connectivity index (χ4n) is 1.83. The number of rotatable bonds is 9. The molecule has 1 rings (SSSR count). The maximum absolute atomic E-state index is 5.77. The maximum Gasteiger partial charge on any atom is 0.119 e. The quantitative estimate of drug-likeness (QED) is 0.729. The van der Waals surface area contributed by atoms with Crippen molar-refractivity contribution < 1.29 is 4.74 Å². The molecule has 0 unspecified atom stereocenters. The Morgan fingerprint density at radius 1 is 1.22 bits per heavy atom. The molecule has 0 fully saturated rings. The number of nitrogens with zero attached hydrogens (tertiary/aromatic N) is 1. The third kappa shape index (κ3) is 6.03. The van der Waals surface area contributed by atoms with Crippen LogP contribution in [-0.2, 0) is 6.54 Å². The molecule has 0 bridgehead atoms. The number of hydrogen-bond acceptors (Lipinski definition) is 3. The summed E-state index contributed by atoms with van der Waals surface area (Å²) in [4.78, 5) is 2.29. The Bertz CT molecular complexity index is 328. The van der Waals surface area contributed by atoms with E-state index in [2.05, 4.69) is 49.3 Å². The van der Waals surface area contributed by atoms with Crippen LogP contribution in [0.4, 0.5) is 0 Å². The van der Waals surface area contributed by atoms with E-state index < -0.39 is 0 Å². The van der Waals surface area contributed by atoms with Crippen molar-refractivity contribution in [2.45, 2.75) is 26.8 Å². The first-order valence-electron chi connectivity index (χ1n) is 6.87. The molecular formula is C15H26N2O. The van der Waals surface area contributed by atoms with Crippen LogP contribution in [0.25, 0.3) is 0 Å². The molecule has 0 aliphatic carbocycles. The van der Waals surface area contributed by atoms with E-state index in [0.29, 0.717) is 0 Å². The van der Waals surface area contributed by atoms with E-state index in [1.165, 1.54) is 12.0 Å². The molecule has 1 aromatic rings. The molecule has 1 aromatic carbocycles. The van der Waals surface area contributed by atoms with Crippen molar-refractivity contribution in [3.63, 3.8) is 0 Å². The van der Waals surface area contributed by atoms with Gasteiger partial charge in [0.05, 0.1) is 0 Å². The van der Waals surface area contributed by atoms with Crippen molar-refractivity contribution in [1.29, 1.82) is 0 Å². The predicted octanol–water partition coefficient (Wildman–Crippen LogP) is 2.52. The van der Waals surface area contributed by atoms with Crippen LogP contribution in [-0.4, -0.2) is 38.2 Å². The third-order valence-electron chi connectivity index (χ3n) is 2.82. The van der Waals surface area contributed by atoms with Crippen LogP contribution in [0.2, 0.25) is 0 Å². The van der Waals surface area contributed by atoms with Crippen LogP contribution in [0.15, 0.2) is 24.3 Å². The number of likely N-dealkylation sites (N-methyl/N-ethyl adjacent to an activating group) is 1. The summed E-state index contributed by atoms with van der Waals surface area (Å²) in [6, 6.07) is 8.31. The highest BCUT2D eigenvalue weighted by Crippen LogP contribution is 2.13.